The largest absolute Gasteiger partial charge is 0.382 e. The first-order valence-corrected chi connectivity index (χ1v) is 8.01. The molecule has 2 rings (SSSR count). The Bertz CT molecular complexity index is 562. The average Bonchev–Trinajstić information content (AvgIpc) is 2.62. The summed E-state index contributed by atoms with van der Waals surface area (Å²) in [6.07, 6.45) is 0.663. The van der Waals surface area contributed by atoms with Gasteiger partial charge in [-0.3, -0.25) is 0 Å². The number of nitrogens with two attached hydrogens (primary N) is 1. The summed E-state index contributed by atoms with van der Waals surface area (Å²) in [6.45, 7) is 0.507. The Hall–Kier alpha value is -0.720. The van der Waals surface area contributed by atoms with E-state index in [1.54, 1.807) is 0 Å². The fourth-order valence-electron chi connectivity index (χ4n) is 1.88. The van der Waals surface area contributed by atoms with E-state index < -0.39 is 9.84 Å². The maximum atomic E-state index is 11.3. The molecule has 0 aromatic carbocycles. The van der Waals surface area contributed by atoms with E-state index in [4.69, 9.17) is 28.9 Å². The third-order valence-corrected chi connectivity index (χ3v) is 5.27. The maximum Gasteiger partial charge on any atom is 0.150 e. The van der Waals surface area contributed by atoms with Gasteiger partial charge in [-0.15, -0.1) is 0 Å². The molecule has 1 aliphatic rings. The Labute approximate surface area is 116 Å². The minimum absolute atomic E-state index is 0.0877. The quantitative estimate of drug-likeness (QED) is 0.889. The Kier molecular flexibility index (Phi) is 3.89. The van der Waals surface area contributed by atoms with E-state index in [0.717, 1.165) is 0 Å². The zero-order chi connectivity index (χ0) is 13.3. The molecule has 100 valence electrons. The molecule has 0 amide bonds. The van der Waals surface area contributed by atoms with Crippen LogP contribution in [-0.4, -0.2) is 31.5 Å². The van der Waals surface area contributed by atoms with E-state index >= 15 is 0 Å². The van der Waals surface area contributed by atoms with Crippen molar-refractivity contribution in [2.45, 2.75) is 6.42 Å². The van der Waals surface area contributed by atoms with Gasteiger partial charge >= 0.3 is 0 Å². The van der Waals surface area contributed by atoms with Crippen molar-refractivity contribution in [3.63, 3.8) is 0 Å². The normalized spacial score (nSPS) is 22.0. The Morgan fingerprint density at radius 2 is 2.17 bits per heavy atom. The summed E-state index contributed by atoms with van der Waals surface area (Å²) in [5, 5.41) is 3.68. The van der Waals surface area contributed by atoms with Gasteiger partial charge in [-0.05, 0) is 18.4 Å². The molecule has 1 atom stereocenters. The first-order valence-electron chi connectivity index (χ1n) is 5.43. The van der Waals surface area contributed by atoms with Crippen molar-refractivity contribution in [2.24, 2.45) is 5.92 Å². The molecule has 0 bridgehead atoms. The number of sulfone groups is 1. The van der Waals surface area contributed by atoms with Crippen molar-refractivity contribution in [2.75, 3.05) is 29.1 Å². The highest BCUT2D eigenvalue weighted by Gasteiger charge is 2.27. The molecular weight excluding hydrogens is 297 g/mol. The molecule has 1 unspecified atom stereocenters. The van der Waals surface area contributed by atoms with Crippen LogP contribution in [0.3, 0.4) is 0 Å². The van der Waals surface area contributed by atoms with E-state index in [9.17, 15) is 8.42 Å². The summed E-state index contributed by atoms with van der Waals surface area (Å²) >= 11 is 11.7. The number of nitrogens with zero attached hydrogens (tertiary/aromatic N) is 1. The fourth-order valence-corrected chi connectivity index (χ4v) is 4.17. The van der Waals surface area contributed by atoms with Crippen LogP contribution in [0, 0.1) is 5.92 Å². The molecule has 1 aliphatic heterocycles. The van der Waals surface area contributed by atoms with Crippen LogP contribution >= 0.6 is 23.2 Å². The second kappa shape index (κ2) is 5.11. The van der Waals surface area contributed by atoms with Crippen molar-refractivity contribution in [3.05, 3.63) is 16.1 Å². The molecule has 0 radical (unpaired) electrons. The first-order chi connectivity index (χ1) is 8.37. The van der Waals surface area contributed by atoms with Crippen LogP contribution in [0.15, 0.2) is 6.07 Å². The van der Waals surface area contributed by atoms with Crippen LogP contribution in [0.2, 0.25) is 10.0 Å². The van der Waals surface area contributed by atoms with Gasteiger partial charge in [-0.2, -0.15) is 0 Å². The predicted molar refractivity (Wildman–Crippen MR) is 73.9 cm³/mol. The van der Waals surface area contributed by atoms with Gasteiger partial charge in [0.2, 0.25) is 0 Å². The Balaban J connectivity index is 2.01. The van der Waals surface area contributed by atoms with Gasteiger partial charge in [-0.1, -0.05) is 23.2 Å². The predicted octanol–water partition coefficient (Wildman–Crippen LogP) is 1.82. The number of halogens is 2. The zero-order valence-corrected chi connectivity index (χ0v) is 11.8. The lowest BCUT2D eigenvalue weighted by atomic mass is 10.1. The summed E-state index contributed by atoms with van der Waals surface area (Å²) in [5.41, 5.74) is 5.58. The van der Waals surface area contributed by atoms with E-state index in [2.05, 4.69) is 10.3 Å². The minimum atomic E-state index is -2.86. The number of hydrogen-bond donors (Lipinski definition) is 2. The highest BCUT2D eigenvalue weighted by Crippen LogP contribution is 2.28. The summed E-state index contributed by atoms with van der Waals surface area (Å²) in [5.74, 6) is 1.18. The van der Waals surface area contributed by atoms with E-state index in [1.807, 2.05) is 0 Å². The monoisotopic (exact) mass is 309 g/mol. The topological polar surface area (TPSA) is 85.1 Å². The molecule has 1 aromatic heterocycles. The average molecular weight is 310 g/mol. The maximum absolute atomic E-state index is 11.3. The lowest BCUT2D eigenvalue weighted by Gasteiger charge is -2.12. The number of pyridine rings is 1. The van der Waals surface area contributed by atoms with E-state index in [0.29, 0.717) is 28.8 Å². The van der Waals surface area contributed by atoms with Gasteiger partial charge in [0.25, 0.3) is 0 Å². The van der Waals surface area contributed by atoms with Gasteiger partial charge in [0.05, 0.1) is 21.6 Å². The number of aromatic nitrogens is 1. The van der Waals surface area contributed by atoms with E-state index in [-0.39, 0.29) is 23.2 Å². The summed E-state index contributed by atoms with van der Waals surface area (Å²) in [7, 11) is -2.86. The van der Waals surface area contributed by atoms with Crippen LogP contribution < -0.4 is 11.1 Å². The number of rotatable bonds is 3. The number of nitrogen functional groups attached to an aromatic ring is 1. The van der Waals surface area contributed by atoms with Crippen LogP contribution in [0.4, 0.5) is 11.6 Å². The number of hydrogen-bond acceptors (Lipinski definition) is 5. The van der Waals surface area contributed by atoms with Gasteiger partial charge in [0.15, 0.2) is 9.84 Å². The van der Waals surface area contributed by atoms with Crippen LogP contribution in [0.25, 0.3) is 0 Å². The molecule has 2 heterocycles. The van der Waals surface area contributed by atoms with Crippen LogP contribution in [-0.2, 0) is 9.84 Å². The summed E-state index contributed by atoms with van der Waals surface area (Å²) in [6, 6.07) is 1.51. The molecule has 1 aromatic rings. The second-order valence-electron chi connectivity index (χ2n) is 4.34. The number of nitrogens with one attached hydrogen (secondary N) is 1. The highest BCUT2D eigenvalue weighted by atomic mass is 35.5. The van der Waals surface area contributed by atoms with Crippen molar-refractivity contribution in [1.29, 1.82) is 0 Å². The lowest BCUT2D eigenvalue weighted by Crippen LogP contribution is -2.16. The Morgan fingerprint density at radius 3 is 2.78 bits per heavy atom. The molecule has 1 fully saturated rings. The van der Waals surface area contributed by atoms with Crippen molar-refractivity contribution in [1.82, 2.24) is 4.98 Å². The van der Waals surface area contributed by atoms with E-state index in [1.165, 1.54) is 6.07 Å². The molecule has 0 aliphatic carbocycles. The van der Waals surface area contributed by atoms with Crippen molar-refractivity contribution >= 4 is 44.7 Å². The Morgan fingerprint density at radius 1 is 1.44 bits per heavy atom. The lowest BCUT2D eigenvalue weighted by molar-refractivity contribution is 0.595. The highest BCUT2D eigenvalue weighted by molar-refractivity contribution is 7.91. The molecule has 0 saturated carbocycles. The standard InChI is InChI=1S/C10H13Cl2N3O2S/c11-7-3-8(12)10(15-9(7)13)14-4-6-1-2-18(16,17)5-6/h3,6H,1-2,4-5H2,(H3,13,14,15). The second-order valence-corrected chi connectivity index (χ2v) is 7.38. The molecule has 18 heavy (non-hydrogen) atoms. The first kappa shape index (κ1) is 13.7. The third kappa shape index (κ3) is 3.18. The van der Waals surface area contributed by atoms with Crippen LogP contribution in [0.5, 0.6) is 0 Å². The fraction of sp³-hybridized carbons (Fsp3) is 0.500. The zero-order valence-electron chi connectivity index (χ0n) is 9.49. The smallest absolute Gasteiger partial charge is 0.150 e. The van der Waals surface area contributed by atoms with Gasteiger partial charge in [-0.25, -0.2) is 13.4 Å². The van der Waals surface area contributed by atoms with Crippen molar-refractivity contribution in [3.8, 4) is 0 Å². The number of anilines is 2. The SMILES string of the molecule is Nc1nc(NCC2CCS(=O)(=O)C2)c(Cl)cc1Cl. The summed E-state index contributed by atoms with van der Waals surface area (Å²) < 4.78 is 22.6. The van der Waals surface area contributed by atoms with Gasteiger partial charge in [0.1, 0.15) is 11.6 Å². The van der Waals surface area contributed by atoms with Gasteiger partial charge in [0, 0.05) is 6.54 Å². The van der Waals surface area contributed by atoms with Crippen LogP contribution in [0.1, 0.15) is 6.42 Å². The molecule has 3 N–H and O–H groups in total. The molecule has 5 nitrogen and oxygen atoms in total. The minimum Gasteiger partial charge on any atom is -0.382 e. The summed E-state index contributed by atoms with van der Waals surface area (Å²) in [4.78, 5) is 4.02. The molecule has 8 heteroatoms. The molecule has 0 spiro atoms. The molecular formula is C10H13Cl2N3O2S. The van der Waals surface area contributed by atoms with Crippen molar-refractivity contribution < 1.29 is 8.42 Å². The third-order valence-electron chi connectivity index (χ3n) is 2.84. The van der Waals surface area contributed by atoms with Gasteiger partial charge < -0.3 is 11.1 Å². The molecule has 1 saturated heterocycles.